The summed E-state index contributed by atoms with van der Waals surface area (Å²) in [5.41, 5.74) is 1.03. The van der Waals surface area contributed by atoms with Gasteiger partial charge in [-0.25, -0.2) is 4.98 Å². The molecule has 0 saturated carbocycles. The molecule has 2 heterocycles. The Morgan fingerprint density at radius 2 is 2.13 bits per heavy atom. The van der Waals surface area contributed by atoms with Crippen molar-refractivity contribution in [1.29, 1.82) is 10.5 Å². The van der Waals surface area contributed by atoms with Crippen molar-refractivity contribution < 1.29 is 0 Å². The summed E-state index contributed by atoms with van der Waals surface area (Å²) in [6, 6.07) is 7.29. The molecule has 0 amide bonds. The largest absolute Gasteiger partial charge is 0.329 e. The summed E-state index contributed by atoms with van der Waals surface area (Å²) < 4.78 is 0. The molecular weight excluding hydrogens is 190 g/mol. The maximum absolute atomic E-state index is 8.72. The van der Waals surface area contributed by atoms with Crippen LogP contribution >= 0.6 is 0 Å². The highest BCUT2D eigenvalue weighted by Crippen LogP contribution is 2.15. The Labute approximate surface area is 85.7 Å². The van der Waals surface area contributed by atoms with E-state index in [-0.39, 0.29) is 11.4 Å². The van der Waals surface area contributed by atoms with Crippen LogP contribution < -0.4 is 0 Å². The van der Waals surface area contributed by atoms with Gasteiger partial charge in [0, 0.05) is 18.0 Å². The first-order chi connectivity index (χ1) is 7.35. The Morgan fingerprint density at radius 3 is 2.67 bits per heavy atom. The smallest absolute Gasteiger partial charge is 0.177 e. The number of nitrogens with zero attached hydrogens (tertiary/aromatic N) is 4. The van der Waals surface area contributed by atoms with E-state index in [1.165, 1.54) is 0 Å². The van der Waals surface area contributed by atoms with E-state index in [0.717, 1.165) is 5.56 Å². The van der Waals surface area contributed by atoms with Crippen LogP contribution in [0, 0.1) is 22.7 Å². The van der Waals surface area contributed by atoms with E-state index in [2.05, 4.69) is 15.0 Å². The van der Waals surface area contributed by atoms with Crippen LogP contribution in [0.1, 0.15) is 11.4 Å². The Morgan fingerprint density at radius 1 is 1.27 bits per heavy atom. The number of H-pyrrole nitrogens is 1. The molecule has 1 N–H and O–H groups in total. The minimum atomic E-state index is 0.108. The monoisotopic (exact) mass is 195 g/mol. The Hall–Kier alpha value is -2.66. The number of nitrogens with one attached hydrogen (secondary N) is 1. The van der Waals surface area contributed by atoms with Gasteiger partial charge in [0.2, 0.25) is 0 Å². The number of nitriles is 2. The van der Waals surface area contributed by atoms with Gasteiger partial charge in [-0.2, -0.15) is 10.5 Å². The van der Waals surface area contributed by atoms with E-state index in [1.54, 1.807) is 24.5 Å². The van der Waals surface area contributed by atoms with Crippen molar-refractivity contribution in [2.45, 2.75) is 0 Å². The van der Waals surface area contributed by atoms with Crippen LogP contribution in [0.3, 0.4) is 0 Å². The fourth-order valence-electron chi connectivity index (χ4n) is 1.17. The normalized spacial score (nSPS) is 9.20. The van der Waals surface area contributed by atoms with Gasteiger partial charge >= 0.3 is 0 Å². The van der Waals surface area contributed by atoms with Gasteiger partial charge in [-0.3, -0.25) is 4.98 Å². The van der Waals surface area contributed by atoms with Crippen molar-refractivity contribution in [1.82, 2.24) is 15.0 Å². The molecular formula is C10H5N5. The lowest BCUT2D eigenvalue weighted by Crippen LogP contribution is -1.81. The number of hydrogen-bond acceptors (Lipinski definition) is 4. The lowest BCUT2D eigenvalue weighted by atomic mass is 10.3. The molecule has 0 spiro atoms. The summed E-state index contributed by atoms with van der Waals surface area (Å²) in [6.45, 7) is 0. The second-order valence-electron chi connectivity index (χ2n) is 2.77. The average molecular weight is 195 g/mol. The molecule has 15 heavy (non-hydrogen) atoms. The third-order valence-corrected chi connectivity index (χ3v) is 1.86. The minimum Gasteiger partial charge on any atom is -0.329 e. The summed E-state index contributed by atoms with van der Waals surface area (Å²) >= 11 is 0. The third kappa shape index (κ3) is 1.54. The zero-order valence-corrected chi connectivity index (χ0v) is 7.60. The van der Waals surface area contributed by atoms with Gasteiger partial charge < -0.3 is 4.98 Å². The number of rotatable bonds is 1. The van der Waals surface area contributed by atoms with E-state index in [4.69, 9.17) is 10.5 Å². The quantitative estimate of drug-likeness (QED) is 0.740. The number of aromatic amines is 1. The van der Waals surface area contributed by atoms with Crippen molar-refractivity contribution in [3.05, 3.63) is 35.9 Å². The van der Waals surface area contributed by atoms with Gasteiger partial charge in [0.25, 0.3) is 0 Å². The van der Waals surface area contributed by atoms with Gasteiger partial charge in [0.15, 0.2) is 11.4 Å². The fraction of sp³-hybridized carbons (Fsp3) is 0. The Bertz CT molecular complexity index is 524. The second-order valence-corrected chi connectivity index (χ2v) is 2.77. The molecule has 0 aromatic carbocycles. The number of hydrogen-bond donors (Lipinski definition) is 1. The van der Waals surface area contributed by atoms with E-state index in [0.29, 0.717) is 5.82 Å². The van der Waals surface area contributed by atoms with Gasteiger partial charge in [0.05, 0.1) is 0 Å². The number of aromatic nitrogens is 3. The first-order valence-corrected chi connectivity index (χ1v) is 4.15. The number of imidazole rings is 1. The molecule has 0 fully saturated rings. The molecule has 5 heteroatoms. The van der Waals surface area contributed by atoms with Crippen LogP contribution in [0.5, 0.6) is 0 Å². The molecule has 5 nitrogen and oxygen atoms in total. The lowest BCUT2D eigenvalue weighted by Gasteiger charge is -1.92. The molecule has 2 rings (SSSR count). The molecule has 0 aliphatic carbocycles. The molecule has 0 radical (unpaired) electrons. The van der Waals surface area contributed by atoms with Crippen LogP contribution in [0.15, 0.2) is 24.5 Å². The fourth-order valence-corrected chi connectivity index (χ4v) is 1.17. The summed E-state index contributed by atoms with van der Waals surface area (Å²) in [5, 5.41) is 17.4. The van der Waals surface area contributed by atoms with E-state index < -0.39 is 0 Å². The van der Waals surface area contributed by atoms with Crippen molar-refractivity contribution >= 4 is 0 Å². The predicted octanol–water partition coefficient (Wildman–Crippen LogP) is 1.22. The molecule has 70 valence electrons. The van der Waals surface area contributed by atoms with E-state index in [1.807, 2.05) is 12.1 Å². The van der Waals surface area contributed by atoms with Crippen LogP contribution in [0.25, 0.3) is 11.4 Å². The maximum Gasteiger partial charge on any atom is 0.177 e. The topological polar surface area (TPSA) is 89.2 Å². The summed E-state index contributed by atoms with van der Waals surface area (Å²) in [4.78, 5) is 10.7. The van der Waals surface area contributed by atoms with Gasteiger partial charge in [0.1, 0.15) is 18.0 Å². The summed E-state index contributed by atoms with van der Waals surface area (Å²) in [6.07, 6.45) is 3.25. The van der Waals surface area contributed by atoms with Gasteiger partial charge in [-0.1, -0.05) is 0 Å². The zero-order valence-electron chi connectivity index (χ0n) is 7.60. The van der Waals surface area contributed by atoms with Crippen molar-refractivity contribution in [2.75, 3.05) is 0 Å². The molecule has 0 aliphatic heterocycles. The molecule has 0 saturated heterocycles. The Kier molecular flexibility index (Phi) is 2.14. The van der Waals surface area contributed by atoms with Crippen LogP contribution in [-0.4, -0.2) is 15.0 Å². The highest BCUT2D eigenvalue weighted by atomic mass is 14.9. The molecule has 2 aromatic rings. The molecule has 2 aromatic heterocycles. The molecule has 0 aliphatic rings. The first kappa shape index (κ1) is 8.92. The van der Waals surface area contributed by atoms with Gasteiger partial charge in [-0.05, 0) is 12.1 Å². The standard InChI is InChI=1S/C10H5N5/c11-4-8-9(5-12)15-10(14-8)7-2-1-3-13-6-7/h1-3,6H,(H,14,15). The van der Waals surface area contributed by atoms with Crippen LogP contribution in [0.2, 0.25) is 0 Å². The maximum atomic E-state index is 8.72. The van der Waals surface area contributed by atoms with Crippen LogP contribution in [-0.2, 0) is 0 Å². The highest BCUT2D eigenvalue weighted by Gasteiger charge is 2.10. The first-order valence-electron chi connectivity index (χ1n) is 4.15. The van der Waals surface area contributed by atoms with Crippen molar-refractivity contribution in [2.24, 2.45) is 0 Å². The van der Waals surface area contributed by atoms with Crippen molar-refractivity contribution in [3.8, 4) is 23.5 Å². The predicted molar refractivity (Wildman–Crippen MR) is 51.2 cm³/mol. The highest BCUT2D eigenvalue weighted by molar-refractivity contribution is 5.56. The van der Waals surface area contributed by atoms with E-state index in [9.17, 15) is 0 Å². The summed E-state index contributed by atoms with van der Waals surface area (Å²) in [7, 11) is 0. The second kappa shape index (κ2) is 3.60. The SMILES string of the molecule is N#Cc1nc(-c2cccnc2)[nH]c1C#N. The van der Waals surface area contributed by atoms with Crippen molar-refractivity contribution in [3.63, 3.8) is 0 Å². The minimum absolute atomic E-state index is 0.108. The van der Waals surface area contributed by atoms with Gasteiger partial charge in [-0.15, -0.1) is 0 Å². The molecule has 0 atom stereocenters. The molecule has 0 unspecified atom stereocenters. The number of pyridine rings is 1. The average Bonchev–Trinajstić information content (AvgIpc) is 2.73. The third-order valence-electron chi connectivity index (χ3n) is 1.86. The van der Waals surface area contributed by atoms with Crippen LogP contribution in [0.4, 0.5) is 0 Å². The van der Waals surface area contributed by atoms with E-state index >= 15 is 0 Å². The Balaban J connectivity index is 2.54. The lowest BCUT2D eigenvalue weighted by molar-refractivity contribution is 1.25. The molecule has 0 bridgehead atoms. The summed E-state index contributed by atoms with van der Waals surface area (Å²) in [5.74, 6) is 0.483. The zero-order chi connectivity index (χ0) is 10.7.